The molecular weight excluding hydrogens is 242 g/mol. The molecule has 0 saturated carbocycles. The second-order valence-corrected chi connectivity index (χ2v) is 5.14. The molecule has 78 valence electrons. The molecule has 0 heterocycles. The number of hydrogen-bond donors (Lipinski definition) is 1. The molecule has 0 radical (unpaired) electrons. The van der Waals surface area contributed by atoms with Crippen LogP contribution in [0.2, 0.25) is 0 Å². The predicted octanol–water partition coefficient (Wildman–Crippen LogP) is 1.00. The number of rotatable bonds is 2. The molecular formula is C8H4ClNO4S. The summed E-state index contributed by atoms with van der Waals surface area (Å²) in [6, 6.07) is 3.31. The van der Waals surface area contributed by atoms with E-state index in [0.717, 1.165) is 12.1 Å². The van der Waals surface area contributed by atoms with Crippen LogP contribution in [0, 0.1) is 11.3 Å². The molecule has 0 unspecified atom stereocenters. The first kappa shape index (κ1) is 11.5. The molecule has 0 aliphatic carbocycles. The molecule has 5 nitrogen and oxygen atoms in total. The van der Waals surface area contributed by atoms with Crippen molar-refractivity contribution in [1.82, 2.24) is 0 Å². The Labute approximate surface area is 89.9 Å². The minimum atomic E-state index is -4.04. The van der Waals surface area contributed by atoms with Crippen molar-refractivity contribution in [3.63, 3.8) is 0 Å². The topological polar surface area (TPSA) is 95.2 Å². The molecule has 0 aromatic heterocycles. The summed E-state index contributed by atoms with van der Waals surface area (Å²) >= 11 is 0. The fraction of sp³-hybridized carbons (Fsp3) is 0. The number of aldehydes is 1. The van der Waals surface area contributed by atoms with Crippen LogP contribution in [0.5, 0.6) is 5.75 Å². The first-order valence-electron chi connectivity index (χ1n) is 3.57. The molecule has 0 atom stereocenters. The first-order chi connectivity index (χ1) is 6.90. The Balaban J connectivity index is 3.62. The fourth-order valence-corrected chi connectivity index (χ4v) is 1.76. The van der Waals surface area contributed by atoms with Crippen LogP contribution in [0.15, 0.2) is 17.0 Å². The highest BCUT2D eigenvalue weighted by atomic mass is 35.7. The van der Waals surface area contributed by atoms with Crippen molar-refractivity contribution in [1.29, 1.82) is 5.26 Å². The lowest BCUT2D eigenvalue weighted by Gasteiger charge is -2.02. The summed E-state index contributed by atoms with van der Waals surface area (Å²) in [5.41, 5.74) is -0.509. The van der Waals surface area contributed by atoms with E-state index in [0.29, 0.717) is 0 Å². The number of nitriles is 1. The zero-order valence-corrected chi connectivity index (χ0v) is 8.71. The number of carbonyl (C=O) groups is 1. The Morgan fingerprint density at radius 2 is 2.07 bits per heavy atom. The SMILES string of the molecule is N#Cc1c(O)cc(S(=O)(=O)Cl)cc1C=O. The van der Waals surface area contributed by atoms with Crippen LogP contribution in [0.25, 0.3) is 0 Å². The lowest BCUT2D eigenvalue weighted by atomic mass is 10.1. The zero-order valence-electron chi connectivity index (χ0n) is 7.14. The second-order valence-electron chi connectivity index (χ2n) is 2.57. The van der Waals surface area contributed by atoms with Gasteiger partial charge in [-0.15, -0.1) is 0 Å². The van der Waals surface area contributed by atoms with E-state index < -0.39 is 19.7 Å². The number of hydrogen-bond acceptors (Lipinski definition) is 5. The number of carbonyl (C=O) groups excluding carboxylic acids is 1. The summed E-state index contributed by atoms with van der Waals surface area (Å²) in [7, 11) is 0.978. The third-order valence-electron chi connectivity index (χ3n) is 1.64. The van der Waals surface area contributed by atoms with E-state index >= 15 is 0 Å². The van der Waals surface area contributed by atoms with Gasteiger partial charge in [0, 0.05) is 22.3 Å². The van der Waals surface area contributed by atoms with E-state index in [4.69, 9.17) is 15.9 Å². The van der Waals surface area contributed by atoms with Crippen LogP contribution in [0.4, 0.5) is 0 Å². The van der Waals surface area contributed by atoms with Crippen molar-refractivity contribution in [2.45, 2.75) is 4.90 Å². The maximum Gasteiger partial charge on any atom is 0.261 e. The van der Waals surface area contributed by atoms with Crippen molar-refractivity contribution in [2.24, 2.45) is 0 Å². The monoisotopic (exact) mass is 245 g/mol. The largest absolute Gasteiger partial charge is 0.506 e. The molecule has 0 aliphatic heterocycles. The summed E-state index contributed by atoms with van der Waals surface area (Å²) in [6.07, 6.45) is 0.268. The van der Waals surface area contributed by atoms with Gasteiger partial charge in [-0.25, -0.2) is 8.42 Å². The van der Waals surface area contributed by atoms with Crippen LogP contribution in [0.1, 0.15) is 15.9 Å². The second kappa shape index (κ2) is 3.88. The molecule has 0 saturated heterocycles. The molecule has 0 bridgehead atoms. The summed E-state index contributed by atoms with van der Waals surface area (Å²) in [4.78, 5) is 10.1. The molecule has 0 fully saturated rings. The Hall–Kier alpha value is -1.58. The predicted molar refractivity (Wildman–Crippen MR) is 51.2 cm³/mol. The Morgan fingerprint density at radius 1 is 1.47 bits per heavy atom. The third kappa shape index (κ3) is 2.26. The molecule has 0 amide bonds. The van der Waals surface area contributed by atoms with E-state index in [-0.39, 0.29) is 17.4 Å². The number of phenols is 1. The van der Waals surface area contributed by atoms with Crippen LogP contribution in [0.3, 0.4) is 0 Å². The van der Waals surface area contributed by atoms with Gasteiger partial charge in [0.2, 0.25) is 0 Å². The van der Waals surface area contributed by atoms with Gasteiger partial charge in [-0.3, -0.25) is 4.79 Å². The highest BCUT2D eigenvalue weighted by molar-refractivity contribution is 8.13. The number of phenolic OH excluding ortho intramolecular Hbond substituents is 1. The van der Waals surface area contributed by atoms with E-state index in [9.17, 15) is 18.3 Å². The fourth-order valence-electron chi connectivity index (χ4n) is 0.977. The first-order valence-corrected chi connectivity index (χ1v) is 5.88. The van der Waals surface area contributed by atoms with Gasteiger partial charge >= 0.3 is 0 Å². The third-order valence-corrected chi connectivity index (χ3v) is 2.98. The van der Waals surface area contributed by atoms with Gasteiger partial charge in [-0.2, -0.15) is 5.26 Å². The molecule has 0 aliphatic rings. The van der Waals surface area contributed by atoms with Gasteiger partial charge < -0.3 is 5.11 Å². The Kier molecular flexibility index (Phi) is 2.98. The summed E-state index contributed by atoms with van der Waals surface area (Å²) in [5.74, 6) is -0.596. The Bertz CT molecular complexity index is 559. The molecule has 7 heteroatoms. The maximum absolute atomic E-state index is 10.9. The van der Waals surface area contributed by atoms with Crippen molar-refractivity contribution in [3.8, 4) is 11.8 Å². The van der Waals surface area contributed by atoms with Crippen molar-refractivity contribution >= 4 is 26.0 Å². The normalized spacial score (nSPS) is 10.7. The number of aromatic hydroxyl groups is 1. The summed E-state index contributed by atoms with van der Waals surface area (Å²) in [6.45, 7) is 0. The van der Waals surface area contributed by atoms with Crippen molar-refractivity contribution in [2.75, 3.05) is 0 Å². The zero-order chi connectivity index (χ0) is 11.6. The number of nitrogens with zero attached hydrogens (tertiary/aromatic N) is 1. The van der Waals surface area contributed by atoms with E-state index in [1.165, 1.54) is 0 Å². The molecule has 1 aromatic rings. The van der Waals surface area contributed by atoms with E-state index in [2.05, 4.69) is 0 Å². The Morgan fingerprint density at radius 3 is 2.47 bits per heavy atom. The van der Waals surface area contributed by atoms with Crippen LogP contribution in [-0.4, -0.2) is 19.8 Å². The molecule has 0 spiro atoms. The highest BCUT2D eigenvalue weighted by Crippen LogP contribution is 2.26. The van der Waals surface area contributed by atoms with Crippen LogP contribution >= 0.6 is 10.7 Å². The number of benzene rings is 1. The lowest BCUT2D eigenvalue weighted by molar-refractivity contribution is 0.112. The van der Waals surface area contributed by atoms with Crippen molar-refractivity contribution in [3.05, 3.63) is 23.3 Å². The van der Waals surface area contributed by atoms with E-state index in [1.54, 1.807) is 6.07 Å². The highest BCUT2D eigenvalue weighted by Gasteiger charge is 2.16. The van der Waals surface area contributed by atoms with Gasteiger partial charge in [0.15, 0.2) is 6.29 Å². The average molecular weight is 246 g/mol. The van der Waals surface area contributed by atoms with Gasteiger partial charge in [0.1, 0.15) is 17.4 Å². The van der Waals surface area contributed by atoms with Crippen LogP contribution in [-0.2, 0) is 9.05 Å². The quantitative estimate of drug-likeness (QED) is 0.620. The minimum Gasteiger partial charge on any atom is -0.506 e. The van der Waals surface area contributed by atoms with Gasteiger partial charge in [-0.1, -0.05) is 0 Å². The summed E-state index contributed by atoms with van der Waals surface area (Å²) in [5, 5.41) is 17.8. The van der Waals surface area contributed by atoms with Crippen molar-refractivity contribution < 1.29 is 18.3 Å². The molecule has 1 rings (SSSR count). The maximum atomic E-state index is 10.9. The molecule has 15 heavy (non-hydrogen) atoms. The lowest BCUT2D eigenvalue weighted by Crippen LogP contribution is -1.96. The standard InChI is InChI=1S/C8H4ClNO4S/c9-15(13,14)6-1-5(4-11)7(3-10)8(12)2-6/h1-2,4,12H. The van der Waals surface area contributed by atoms with Gasteiger partial charge in [0.25, 0.3) is 9.05 Å². The smallest absolute Gasteiger partial charge is 0.261 e. The summed E-state index contributed by atoms with van der Waals surface area (Å²) < 4.78 is 21.8. The minimum absolute atomic E-state index is 0.225. The average Bonchev–Trinajstić information content (AvgIpc) is 2.15. The number of halogens is 1. The van der Waals surface area contributed by atoms with Gasteiger partial charge in [0.05, 0.1) is 4.90 Å². The van der Waals surface area contributed by atoms with Gasteiger partial charge in [-0.05, 0) is 6.07 Å². The van der Waals surface area contributed by atoms with Crippen LogP contribution < -0.4 is 0 Å². The van der Waals surface area contributed by atoms with E-state index in [1.807, 2.05) is 0 Å². The molecule has 1 aromatic carbocycles. The molecule has 1 N–H and O–H groups in total.